The van der Waals surface area contributed by atoms with Crippen LogP contribution in [-0.4, -0.2) is 18.1 Å². The number of rotatable bonds is 3. The number of oxazole rings is 1. The van der Waals surface area contributed by atoms with Gasteiger partial charge < -0.3 is 15.5 Å². The van der Waals surface area contributed by atoms with Crippen molar-refractivity contribution in [3.8, 4) is 0 Å². The average molecular weight is 191 g/mol. The minimum Gasteiger partial charge on any atom is -0.423 e. The molecule has 4 heteroatoms. The van der Waals surface area contributed by atoms with Crippen LogP contribution < -0.4 is 11.1 Å². The number of aromatic nitrogens is 1. The van der Waals surface area contributed by atoms with E-state index in [1.165, 1.54) is 0 Å². The molecule has 74 valence electrons. The molecule has 0 spiro atoms. The Morgan fingerprint density at radius 1 is 1.50 bits per heavy atom. The van der Waals surface area contributed by atoms with Crippen LogP contribution in [0, 0.1) is 6.92 Å². The normalized spacial score (nSPS) is 10.7. The third kappa shape index (κ3) is 1.56. The van der Waals surface area contributed by atoms with Crippen molar-refractivity contribution < 1.29 is 4.42 Å². The summed E-state index contributed by atoms with van der Waals surface area (Å²) in [5.74, 6) is 0. The van der Waals surface area contributed by atoms with Gasteiger partial charge in [0.05, 0.1) is 0 Å². The molecule has 0 aliphatic carbocycles. The van der Waals surface area contributed by atoms with E-state index in [0.717, 1.165) is 16.7 Å². The highest BCUT2D eigenvalue weighted by Crippen LogP contribution is 2.21. The number of anilines is 1. The monoisotopic (exact) mass is 191 g/mol. The molecule has 0 bridgehead atoms. The molecule has 0 radical (unpaired) electrons. The number of benzene rings is 1. The first-order chi connectivity index (χ1) is 6.81. The van der Waals surface area contributed by atoms with E-state index < -0.39 is 0 Å². The van der Waals surface area contributed by atoms with E-state index in [1.54, 1.807) is 0 Å². The van der Waals surface area contributed by atoms with Crippen molar-refractivity contribution in [3.63, 3.8) is 0 Å². The van der Waals surface area contributed by atoms with Crippen molar-refractivity contribution in [1.29, 1.82) is 0 Å². The first kappa shape index (κ1) is 9.02. The maximum absolute atomic E-state index is 5.52. The summed E-state index contributed by atoms with van der Waals surface area (Å²) in [7, 11) is 0. The molecule has 0 saturated heterocycles. The quantitative estimate of drug-likeness (QED) is 0.771. The molecule has 0 atom stereocenters. The summed E-state index contributed by atoms with van der Waals surface area (Å²) in [6, 6.07) is 6.44. The predicted molar refractivity (Wildman–Crippen MR) is 56.3 cm³/mol. The zero-order chi connectivity index (χ0) is 9.97. The summed E-state index contributed by atoms with van der Waals surface area (Å²) >= 11 is 0. The molecule has 2 aromatic rings. The highest BCUT2D eigenvalue weighted by atomic mass is 16.4. The standard InChI is InChI=1S/C10H13N3O/c1-7-3-2-4-8-9(7)14-10(13-8)12-6-5-11/h2-4H,5-6,11H2,1H3,(H,12,13). The van der Waals surface area contributed by atoms with Gasteiger partial charge in [-0.3, -0.25) is 0 Å². The summed E-state index contributed by atoms with van der Waals surface area (Å²) in [4.78, 5) is 4.28. The van der Waals surface area contributed by atoms with Crippen LogP contribution in [0.5, 0.6) is 0 Å². The van der Waals surface area contributed by atoms with E-state index in [-0.39, 0.29) is 0 Å². The van der Waals surface area contributed by atoms with Gasteiger partial charge in [0.15, 0.2) is 5.58 Å². The van der Waals surface area contributed by atoms with E-state index in [0.29, 0.717) is 19.1 Å². The van der Waals surface area contributed by atoms with Gasteiger partial charge in [-0.15, -0.1) is 0 Å². The fraction of sp³-hybridized carbons (Fsp3) is 0.300. The fourth-order valence-electron chi connectivity index (χ4n) is 1.34. The molecule has 3 N–H and O–H groups in total. The smallest absolute Gasteiger partial charge is 0.295 e. The fourth-order valence-corrected chi connectivity index (χ4v) is 1.34. The number of nitrogens with zero attached hydrogens (tertiary/aromatic N) is 1. The van der Waals surface area contributed by atoms with Crippen molar-refractivity contribution in [2.24, 2.45) is 5.73 Å². The van der Waals surface area contributed by atoms with Crippen LogP contribution in [-0.2, 0) is 0 Å². The van der Waals surface area contributed by atoms with E-state index >= 15 is 0 Å². The first-order valence-electron chi connectivity index (χ1n) is 4.61. The molecule has 14 heavy (non-hydrogen) atoms. The van der Waals surface area contributed by atoms with Gasteiger partial charge in [-0.25, -0.2) is 0 Å². The molecular formula is C10H13N3O. The summed E-state index contributed by atoms with van der Waals surface area (Å²) in [5, 5.41) is 3.01. The Labute approximate surface area is 82.1 Å². The van der Waals surface area contributed by atoms with Crippen molar-refractivity contribution in [2.45, 2.75) is 6.92 Å². The third-order valence-corrected chi connectivity index (χ3v) is 2.03. The Kier molecular flexibility index (Phi) is 2.37. The van der Waals surface area contributed by atoms with Gasteiger partial charge in [-0.1, -0.05) is 12.1 Å². The lowest BCUT2D eigenvalue weighted by atomic mass is 10.2. The van der Waals surface area contributed by atoms with E-state index in [1.807, 2.05) is 25.1 Å². The molecule has 1 heterocycles. The molecule has 0 fully saturated rings. The summed E-state index contributed by atoms with van der Waals surface area (Å²) in [6.07, 6.45) is 0. The third-order valence-electron chi connectivity index (χ3n) is 2.03. The Hall–Kier alpha value is -1.55. The molecule has 2 rings (SSSR count). The van der Waals surface area contributed by atoms with Crippen LogP contribution in [0.2, 0.25) is 0 Å². The lowest BCUT2D eigenvalue weighted by Crippen LogP contribution is -2.13. The van der Waals surface area contributed by atoms with Gasteiger partial charge >= 0.3 is 0 Å². The van der Waals surface area contributed by atoms with E-state index in [4.69, 9.17) is 10.2 Å². The second kappa shape index (κ2) is 3.67. The average Bonchev–Trinajstić information content (AvgIpc) is 2.59. The molecular weight excluding hydrogens is 178 g/mol. The predicted octanol–water partition coefficient (Wildman–Crippen LogP) is 1.51. The Bertz CT molecular complexity index is 436. The summed E-state index contributed by atoms with van der Waals surface area (Å²) in [6.45, 7) is 3.24. The Morgan fingerprint density at radius 3 is 3.07 bits per heavy atom. The van der Waals surface area contributed by atoms with Crippen LogP contribution in [0.4, 0.5) is 6.01 Å². The molecule has 4 nitrogen and oxygen atoms in total. The number of hydrogen-bond donors (Lipinski definition) is 2. The van der Waals surface area contributed by atoms with Crippen LogP contribution in [0.15, 0.2) is 22.6 Å². The van der Waals surface area contributed by atoms with Gasteiger partial charge in [0.2, 0.25) is 0 Å². The number of nitrogens with two attached hydrogens (primary N) is 1. The number of aryl methyl sites for hydroxylation is 1. The number of hydrogen-bond acceptors (Lipinski definition) is 4. The van der Waals surface area contributed by atoms with Crippen molar-refractivity contribution >= 4 is 17.1 Å². The van der Waals surface area contributed by atoms with Crippen molar-refractivity contribution in [2.75, 3.05) is 18.4 Å². The number of para-hydroxylation sites is 1. The van der Waals surface area contributed by atoms with E-state index in [2.05, 4.69) is 10.3 Å². The van der Waals surface area contributed by atoms with E-state index in [9.17, 15) is 0 Å². The highest BCUT2D eigenvalue weighted by Gasteiger charge is 2.05. The van der Waals surface area contributed by atoms with Gasteiger partial charge in [0.1, 0.15) is 5.52 Å². The second-order valence-corrected chi connectivity index (χ2v) is 3.16. The number of nitrogens with one attached hydrogen (secondary N) is 1. The molecule has 0 unspecified atom stereocenters. The largest absolute Gasteiger partial charge is 0.423 e. The first-order valence-corrected chi connectivity index (χ1v) is 4.61. The lowest BCUT2D eigenvalue weighted by molar-refractivity contribution is 0.612. The maximum atomic E-state index is 5.52. The molecule has 1 aromatic carbocycles. The Morgan fingerprint density at radius 2 is 2.36 bits per heavy atom. The zero-order valence-corrected chi connectivity index (χ0v) is 8.08. The minimum atomic E-state index is 0.541. The molecule has 0 aliphatic rings. The van der Waals surface area contributed by atoms with Crippen LogP contribution in [0.1, 0.15) is 5.56 Å². The molecule has 0 amide bonds. The highest BCUT2D eigenvalue weighted by molar-refractivity contribution is 5.77. The summed E-state index contributed by atoms with van der Waals surface area (Å²) < 4.78 is 5.52. The SMILES string of the molecule is Cc1cccc2nc(NCCN)oc12. The van der Waals surface area contributed by atoms with Gasteiger partial charge in [-0.2, -0.15) is 4.98 Å². The number of fused-ring (bicyclic) bond motifs is 1. The molecule has 1 aromatic heterocycles. The van der Waals surface area contributed by atoms with Crippen LogP contribution in [0.25, 0.3) is 11.1 Å². The Balaban J connectivity index is 2.36. The van der Waals surface area contributed by atoms with Crippen LogP contribution in [0.3, 0.4) is 0 Å². The second-order valence-electron chi connectivity index (χ2n) is 3.16. The van der Waals surface area contributed by atoms with Crippen LogP contribution >= 0.6 is 0 Å². The van der Waals surface area contributed by atoms with Gasteiger partial charge in [-0.05, 0) is 18.6 Å². The van der Waals surface area contributed by atoms with Gasteiger partial charge in [0.25, 0.3) is 6.01 Å². The molecule has 0 saturated carbocycles. The minimum absolute atomic E-state index is 0.541. The lowest BCUT2D eigenvalue weighted by Gasteiger charge is -1.95. The van der Waals surface area contributed by atoms with Gasteiger partial charge in [0, 0.05) is 13.1 Å². The zero-order valence-electron chi connectivity index (χ0n) is 8.08. The molecule has 0 aliphatic heterocycles. The summed E-state index contributed by atoms with van der Waals surface area (Å²) in [5.41, 5.74) is 8.18. The maximum Gasteiger partial charge on any atom is 0.295 e. The van der Waals surface area contributed by atoms with Crippen molar-refractivity contribution in [1.82, 2.24) is 4.98 Å². The van der Waals surface area contributed by atoms with Crippen molar-refractivity contribution in [3.05, 3.63) is 23.8 Å². The topological polar surface area (TPSA) is 64.1 Å².